The molecule has 154 valence electrons. The molecule has 0 aliphatic heterocycles. The molecule has 4 aromatic rings. The Morgan fingerprint density at radius 2 is 2.00 bits per heavy atom. The zero-order valence-electron chi connectivity index (χ0n) is 17.1. The third-order valence-electron chi connectivity index (χ3n) is 4.59. The fourth-order valence-corrected chi connectivity index (χ4v) is 3.84. The van der Waals surface area contributed by atoms with Gasteiger partial charge in [0.25, 0.3) is 5.91 Å². The van der Waals surface area contributed by atoms with Crippen LogP contribution in [0.4, 0.5) is 5.13 Å². The van der Waals surface area contributed by atoms with Crippen LogP contribution in [0.25, 0.3) is 11.4 Å². The van der Waals surface area contributed by atoms with Crippen molar-refractivity contribution in [3.63, 3.8) is 0 Å². The zero-order chi connectivity index (χ0) is 21.3. The van der Waals surface area contributed by atoms with Gasteiger partial charge in [-0.2, -0.15) is 5.10 Å². The summed E-state index contributed by atoms with van der Waals surface area (Å²) in [6.07, 6.45) is 1.70. The van der Waals surface area contributed by atoms with Gasteiger partial charge in [0.05, 0.1) is 11.3 Å². The maximum atomic E-state index is 12.8. The summed E-state index contributed by atoms with van der Waals surface area (Å²) in [6, 6.07) is 7.84. The van der Waals surface area contributed by atoms with Gasteiger partial charge < -0.3 is 9.26 Å². The first-order valence-electron chi connectivity index (χ1n) is 9.32. The van der Waals surface area contributed by atoms with E-state index < -0.39 is 5.91 Å². The first-order chi connectivity index (χ1) is 14.4. The van der Waals surface area contributed by atoms with Gasteiger partial charge in [0.2, 0.25) is 0 Å². The Labute approximate surface area is 177 Å². The monoisotopic (exact) mass is 423 g/mol. The molecule has 0 atom stereocenters. The lowest BCUT2D eigenvalue weighted by molar-refractivity contribution is 0.101. The number of aryl methyl sites for hydroxylation is 4. The lowest BCUT2D eigenvalue weighted by atomic mass is 10.1. The van der Waals surface area contributed by atoms with Gasteiger partial charge in [-0.05, 0) is 50.1 Å². The maximum Gasteiger partial charge on any atom is 0.280 e. The van der Waals surface area contributed by atoms with Crippen LogP contribution >= 0.6 is 11.3 Å². The number of nitrogens with zero attached hydrogens (tertiary/aromatic N) is 4. The van der Waals surface area contributed by atoms with Crippen LogP contribution < -0.4 is 10.1 Å². The molecule has 30 heavy (non-hydrogen) atoms. The Bertz CT molecular complexity index is 1190. The van der Waals surface area contributed by atoms with Crippen molar-refractivity contribution in [2.75, 3.05) is 5.32 Å². The number of carbonyl (C=O) groups excluding carboxylic acids is 1. The number of hydrogen-bond acceptors (Lipinski definition) is 7. The number of anilines is 1. The minimum Gasteiger partial charge on any atom is -0.489 e. The van der Waals surface area contributed by atoms with E-state index in [4.69, 9.17) is 9.26 Å². The van der Waals surface area contributed by atoms with Crippen LogP contribution in [0.1, 0.15) is 32.9 Å². The van der Waals surface area contributed by atoms with E-state index in [1.165, 1.54) is 11.3 Å². The first-order valence-corrected chi connectivity index (χ1v) is 10.2. The second-order valence-electron chi connectivity index (χ2n) is 7.01. The minimum atomic E-state index is -0.392. The Morgan fingerprint density at radius 3 is 2.70 bits per heavy atom. The molecule has 3 aromatic heterocycles. The number of ether oxygens (including phenoxy) is 1. The van der Waals surface area contributed by atoms with Crippen LogP contribution in [0, 0.1) is 20.8 Å². The summed E-state index contributed by atoms with van der Waals surface area (Å²) in [7, 11) is 1.84. The van der Waals surface area contributed by atoms with E-state index in [0.29, 0.717) is 16.5 Å². The summed E-state index contributed by atoms with van der Waals surface area (Å²) >= 11 is 1.33. The lowest BCUT2D eigenvalue weighted by Crippen LogP contribution is -2.15. The van der Waals surface area contributed by atoms with Gasteiger partial charge in [-0.15, -0.1) is 11.3 Å². The van der Waals surface area contributed by atoms with Gasteiger partial charge in [-0.3, -0.25) is 14.8 Å². The Hall–Kier alpha value is -3.46. The van der Waals surface area contributed by atoms with Gasteiger partial charge in [0.1, 0.15) is 23.8 Å². The molecule has 0 aliphatic carbocycles. The SMILES string of the molecule is Cc1cc(C)cc(OCc2c(C(=O)Nc3nc(-c4ccnn4C)cs3)noc2C)c1. The quantitative estimate of drug-likeness (QED) is 0.497. The van der Waals surface area contributed by atoms with E-state index in [9.17, 15) is 4.79 Å². The van der Waals surface area contributed by atoms with Crippen molar-refractivity contribution in [2.45, 2.75) is 27.4 Å². The highest BCUT2D eigenvalue weighted by Gasteiger charge is 2.22. The van der Waals surface area contributed by atoms with Crippen molar-refractivity contribution in [1.82, 2.24) is 19.9 Å². The molecule has 8 nitrogen and oxygen atoms in total. The number of carbonyl (C=O) groups is 1. The summed E-state index contributed by atoms with van der Waals surface area (Å²) in [5.41, 5.74) is 4.62. The average Bonchev–Trinajstić information content (AvgIpc) is 3.39. The molecule has 1 amide bonds. The van der Waals surface area contributed by atoms with Crippen LogP contribution in [0.3, 0.4) is 0 Å². The number of thiazole rings is 1. The highest BCUT2D eigenvalue weighted by Crippen LogP contribution is 2.25. The molecule has 0 spiro atoms. The molecule has 9 heteroatoms. The molecule has 0 unspecified atom stereocenters. The smallest absolute Gasteiger partial charge is 0.280 e. The van der Waals surface area contributed by atoms with E-state index in [1.807, 2.05) is 44.5 Å². The summed E-state index contributed by atoms with van der Waals surface area (Å²) in [6.45, 7) is 5.96. The van der Waals surface area contributed by atoms with Gasteiger partial charge in [-0.25, -0.2) is 4.98 Å². The second-order valence-corrected chi connectivity index (χ2v) is 7.87. The summed E-state index contributed by atoms with van der Waals surface area (Å²) in [5, 5.41) is 13.2. The fraction of sp³-hybridized carbons (Fsp3) is 0.238. The minimum absolute atomic E-state index is 0.180. The van der Waals surface area contributed by atoms with Crippen LogP contribution in [-0.2, 0) is 13.7 Å². The maximum absolute atomic E-state index is 12.8. The number of benzene rings is 1. The molecule has 1 N–H and O–H groups in total. The second kappa shape index (κ2) is 8.11. The third-order valence-corrected chi connectivity index (χ3v) is 5.34. The van der Waals surface area contributed by atoms with Crippen LogP contribution in [0.2, 0.25) is 0 Å². The summed E-state index contributed by atoms with van der Waals surface area (Å²) in [4.78, 5) is 17.3. The Morgan fingerprint density at radius 1 is 1.23 bits per heavy atom. The van der Waals surface area contributed by atoms with Crippen molar-refractivity contribution in [2.24, 2.45) is 7.05 Å². The molecule has 4 rings (SSSR count). The molecular formula is C21H21N5O3S. The fourth-order valence-electron chi connectivity index (χ4n) is 3.14. The standard InChI is InChI=1S/C21H21N5O3S/c1-12-7-13(2)9-15(8-12)28-10-16-14(3)29-25-19(16)20(27)24-21-23-17(11-30-21)18-5-6-22-26(18)4/h5-9,11H,10H2,1-4H3,(H,23,24,27). The topological polar surface area (TPSA) is 95.1 Å². The first kappa shape index (κ1) is 19.8. The largest absolute Gasteiger partial charge is 0.489 e. The van der Waals surface area contributed by atoms with Crippen LogP contribution in [0.15, 0.2) is 40.4 Å². The van der Waals surface area contributed by atoms with E-state index >= 15 is 0 Å². The molecule has 3 heterocycles. The number of hydrogen-bond donors (Lipinski definition) is 1. The predicted molar refractivity (Wildman–Crippen MR) is 114 cm³/mol. The van der Waals surface area contributed by atoms with Gasteiger partial charge in [0, 0.05) is 18.6 Å². The van der Waals surface area contributed by atoms with Gasteiger partial charge >= 0.3 is 0 Å². The Kier molecular flexibility index (Phi) is 5.37. The normalized spacial score (nSPS) is 10.9. The Balaban J connectivity index is 1.49. The molecule has 0 radical (unpaired) electrons. The van der Waals surface area contributed by atoms with E-state index in [2.05, 4.69) is 26.6 Å². The summed E-state index contributed by atoms with van der Waals surface area (Å²) < 4.78 is 12.9. The molecule has 0 saturated carbocycles. The third kappa shape index (κ3) is 4.11. The molecule has 0 bridgehead atoms. The highest BCUT2D eigenvalue weighted by molar-refractivity contribution is 7.14. The molecule has 0 fully saturated rings. The van der Waals surface area contributed by atoms with Crippen molar-refractivity contribution in [3.8, 4) is 17.1 Å². The van der Waals surface area contributed by atoms with Crippen molar-refractivity contribution in [3.05, 3.63) is 64.0 Å². The zero-order valence-corrected chi connectivity index (χ0v) is 17.9. The number of amides is 1. The van der Waals surface area contributed by atoms with Crippen LogP contribution in [0.5, 0.6) is 5.75 Å². The van der Waals surface area contributed by atoms with Crippen molar-refractivity contribution in [1.29, 1.82) is 0 Å². The molecule has 1 aromatic carbocycles. The molecule has 0 saturated heterocycles. The summed E-state index contributed by atoms with van der Waals surface area (Å²) in [5.74, 6) is 0.885. The van der Waals surface area contributed by atoms with Crippen molar-refractivity contribution >= 4 is 22.4 Å². The van der Waals surface area contributed by atoms with E-state index in [1.54, 1.807) is 17.8 Å². The number of nitrogens with one attached hydrogen (secondary N) is 1. The van der Waals surface area contributed by atoms with E-state index in [-0.39, 0.29) is 12.3 Å². The van der Waals surface area contributed by atoms with E-state index in [0.717, 1.165) is 28.3 Å². The number of rotatable bonds is 6. The van der Waals surface area contributed by atoms with Gasteiger partial charge in [0.15, 0.2) is 10.8 Å². The lowest BCUT2D eigenvalue weighted by Gasteiger charge is -2.08. The average molecular weight is 423 g/mol. The van der Waals surface area contributed by atoms with Crippen molar-refractivity contribution < 1.29 is 14.1 Å². The molecule has 0 aliphatic rings. The predicted octanol–water partition coefficient (Wildman–Crippen LogP) is 4.29. The highest BCUT2D eigenvalue weighted by atomic mass is 32.1. The van der Waals surface area contributed by atoms with Gasteiger partial charge in [-0.1, -0.05) is 11.2 Å². The molecular weight excluding hydrogens is 402 g/mol. The van der Waals surface area contributed by atoms with Crippen LogP contribution in [-0.4, -0.2) is 25.8 Å². The number of aromatic nitrogens is 4.